The van der Waals surface area contributed by atoms with Crippen LogP contribution in [0.3, 0.4) is 0 Å². The second-order valence-electron chi connectivity index (χ2n) is 3.06. The van der Waals surface area contributed by atoms with Crippen molar-refractivity contribution in [2.24, 2.45) is 0 Å². The molecule has 0 bridgehead atoms. The number of ether oxygens (including phenoxy) is 1. The summed E-state index contributed by atoms with van der Waals surface area (Å²) in [5.74, 6) is -5.21. The summed E-state index contributed by atoms with van der Waals surface area (Å²) in [6.45, 7) is 0. The van der Waals surface area contributed by atoms with Crippen LogP contribution in [0.25, 0.3) is 0 Å². The third kappa shape index (κ3) is 3.05. The molecule has 0 saturated heterocycles. The summed E-state index contributed by atoms with van der Waals surface area (Å²) in [5, 5.41) is 26.4. The van der Waals surface area contributed by atoms with Gasteiger partial charge in [0.25, 0.3) is 9.05 Å². The van der Waals surface area contributed by atoms with E-state index in [1.807, 2.05) is 0 Å². The largest absolute Gasteiger partial charge is 0.495 e. The molecule has 96 valence electrons. The van der Waals surface area contributed by atoms with Crippen LogP contribution in [-0.2, 0) is 15.0 Å². The standard InChI is InChI=1S/C8H8ClFO6S/c1-16-6-3-5(10)4(8(11,12)13)2-7(6)17(9,14)15/h2-3,11-13H,1H3. The molecule has 17 heavy (non-hydrogen) atoms. The van der Waals surface area contributed by atoms with Crippen molar-refractivity contribution in [1.29, 1.82) is 0 Å². The van der Waals surface area contributed by atoms with Crippen molar-refractivity contribution < 1.29 is 32.9 Å². The van der Waals surface area contributed by atoms with Gasteiger partial charge in [-0.25, -0.2) is 12.8 Å². The number of halogens is 2. The highest BCUT2D eigenvalue weighted by Gasteiger charge is 2.30. The van der Waals surface area contributed by atoms with Crippen LogP contribution in [0.5, 0.6) is 5.75 Å². The zero-order chi connectivity index (χ0) is 13.4. The molecule has 0 saturated carbocycles. The molecule has 1 aromatic rings. The van der Waals surface area contributed by atoms with Crippen LogP contribution in [0, 0.1) is 5.82 Å². The van der Waals surface area contributed by atoms with Gasteiger partial charge in [0, 0.05) is 16.7 Å². The van der Waals surface area contributed by atoms with E-state index in [9.17, 15) is 12.8 Å². The molecular weight excluding hydrogens is 279 g/mol. The van der Waals surface area contributed by atoms with Crippen molar-refractivity contribution in [2.45, 2.75) is 10.9 Å². The molecule has 0 fully saturated rings. The first kappa shape index (κ1) is 14.1. The fraction of sp³-hybridized carbons (Fsp3) is 0.250. The van der Waals surface area contributed by atoms with E-state index in [1.165, 1.54) is 0 Å². The summed E-state index contributed by atoms with van der Waals surface area (Å²) in [5.41, 5.74) is -1.06. The molecule has 1 aromatic carbocycles. The lowest BCUT2D eigenvalue weighted by Gasteiger charge is -2.17. The minimum Gasteiger partial charge on any atom is -0.495 e. The minimum atomic E-state index is -4.30. The van der Waals surface area contributed by atoms with Gasteiger partial charge in [-0.3, -0.25) is 0 Å². The van der Waals surface area contributed by atoms with Crippen molar-refractivity contribution in [2.75, 3.05) is 7.11 Å². The molecule has 0 atom stereocenters. The average molecular weight is 287 g/mol. The first-order valence-electron chi connectivity index (χ1n) is 4.07. The second-order valence-corrected chi connectivity index (χ2v) is 5.59. The normalized spacial score (nSPS) is 12.6. The van der Waals surface area contributed by atoms with E-state index < -0.39 is 37.0 Å². The zero-order valence-corrected chi connectivity index (χ0v) is 9.96. The van der Waals surface area contributed by atoms with Crippen molar-refractivity contribution in [3.05, 3.63) is 23.5 Å². The van der Waals surface area contributed by atoms with E-state index in [-0.39, 0.29) is 0 Å². The number of benzene rings is 1. The Labute approximate surface area is 100 Å². The number of rotatable bonds is 3. The summed E-state index contributed by atoms with van der Waals surface area (Å²) in [4.78, 5) is -0.695. The first-order chi connectivity index (χ1) is 7.57. The number of aliphatic hydroxyl groups is 3. The van der Waals surface area contributed by atoms with E-state index in [0.717, 1.165) is 7.11 Å². The highest BCUT2D eigenvalue weighted by atomic mass is 35.7. The monoisotopic (exact) mass is 286 g/mol. The third-order valence-corrected chi connectivity index (χ3v) is 3.22. The van der Waals surface area contributed by atoms with Gasteiger partial charge in [-0.05, 0) is 6.07 Å². The van der Waals surface area contributed by atoms with Gasteiger partial charge >= 0.3 is 5.97 Å². The van der Waals surface area contributed by atoms with Crippen LogP contribution in [0.2, 0.25) is 0 Å². The van der Waals surface area contributed by atoms with Gasteiger partial charge in [-0.1, -0.05) is 0 Å². The second kappa shape index (κ2) is 4.39. The minimum absolute atomic E-state index is 0.425. The lowest BCUT2D eigenvalue weighted by Crippen LogP contribution is -2.25. The van der Waals surface area contributed by atoms with Crippen molar-refractivity contribution in [3.63, 3.8) is 0 Å². The van der Waals surface area contributed by atoms with Crippen LogP contribution in [-0.4, -0.2) is 30.8 Å². The predicted octanol–water partition coefficient (Wildman–Crippen LogP) is -0.151. The van der Waals surface area contributed by atoms with E-state index in [1.54, 1.807) is 0 Å². The van der Waals surface area contributed by atoms with Gasteiger partial charge in [0.15, 0.2) is 0 Å². The Morgan fingerprint density at radius 1 is 1.35 bits per heavy atom. The van der Waals surface area contributed by atoms with Crippen LogP contribution in [0.15, 0.2) is 17.0 Å². The van der Waals surface area contributed by atoms with Gasteiger partial charge < -0.3 is 20.1 Å². The Hall–Kier alpha value is -0.930. The van der Waals surface area contributed by atoms with Crippen molar-refractivity contribution >= 4 is 19.7 Å². The fourth-order valence-corrected chi connectivity index (χ4v) is 2.15. The number of hydrogen-bond acceptors (Lipinski definition) is 6. The highest BCUT2D eigenvalue weighted by Crippen LogP contribution is 2.32. The Morgan fingerprint density at radius 3 is 2.24 bits per heavy atom. The predicted molar refractivity (Wildman–Crippen MR) is 54.3 cm³/mol. The molecule has 0 aliphatic heterocycles. The van der Waals surface area contributed by atoms with Gasteiger partial charge in [0.2, 0.25) is 0 Å². The molecule has 6 nitrogen and oxygen atoms in total. The quantitative estimate of drug-likeness (QED) is 0.527. The molecule has 3 N–H and O–H groups in total. The molecule has 0 amide bonds. The molecule has 0 radical (unpaired) electrons. The Kier molecular flexibility index (Phi) is 3.65. The lowest BCUT2D eigenvalue weighted by molar-refractivity contribution is -0.325. The molecule has 0 heterocycles. The van der Waals surface area contributed by atoms with Crippen molar-refractivity contribution in [3.8, 4) is 5.75 Å². The summed E-state index contributed by atoms with van der Waals surface area (Å²) >= 11 is 0. The molecule has 9 heteroatoms. The summed E-state index contributed by atoms with van der Waals surface area (Å²) in [7, 11) is 1.82. The van der Waals surface area contributed by atoms with E-state index in [0.29, 0.717) is 12.1 Å². The first-order valence-corrected chi connectivity index (χ1v) is 6.38. The summed E-state index contributed by atoms with van der Waals surface area (Å²) < 4.78 is 40.1. The highest BCUT2D eigenvalue weighted by molar-refractivity contribution is 8.13. The zero-order valence-electron chi connectivity index (χ0n) is 8.39. The maximum Gasteiger partial charge on any atom is 0.307 e. The molecule has 1 rings (SSSR count). The van der Waals surface area contributed by atoms with Gasteiger partial charge in [-0.15, -0.1) is 0 Å². The molecule has 0 aliphatic carbocycles. The average Bonchev–Trinajstić information content (AvgIpc) is 2.13. The van der Waals surface area contributed by atoms with E-state index in [2.05, 4.69) is 4.74 Å². The summed E-state index contributed by atoms with van der Waals surface area (Å²) in [6.07, 6.45) is 0. The summed E-state index contributed by atoms with van der Waals surface area (Å²) in [6, 6.07) is 1.03. The van der Waals surface area contributed by atoms with Crippen LogP contribution in [0.4, 0.5) is 4.39 Å². The SMILES string of the molecule is COc1cc(F)c(C(O)(O)O)cc1S(=O)(=O)Cl. The van der Waals surface area contributed by atoms with Gasteiger partial charge in [-0.2, -0.15) is 0 Å². The molecule has 0 unspecified atom stereocenters. The van der Waals surface area contributed by atoms with E-state index in [4.69, 9.17) is 26.0 Å². The number of methoxy groups -OCH3 is 1. The smallest absolute Gasteiger partial charge is 0.307 e. The Balaban J connectivity index is 3.61. The van der Waals surface area contributed by atoms with E-state index >= 15 is 0 Å². The lowest BCUT2D eigenvalue weighted by atomic mass is 10.1. The molecule has 0 aliphatic rings. The van der Waals surface area contributed by atoms with Crippen LogP contribution < -0.4 is 4.74 Å². The molecule has 0 aromatic heterocycles. The van der Waals surface area contributed by atoms with Crippen LogP contribution in [0.1, 0.15) is 5.56 Å². The van der Waals surface area contributed by atoms with Gasteiger partial charge in [0.05, 0.1) is 12.7 Å². The Bertz CT molecular complexity index is 536. The number of hydrogen-bond donors (Lipinski definition) is 3. The Morgan fingerprint density at radius 2 is 1.88 bits per heavy atom. The topological polar surface area (TPSA) is 104 Å². The maximum atomic E-state index is 13.3. The fourth-order valence-electron chi connectivity index (χ4n) is 1.14. The maximum absolute atomic E-state index is 13.3. The van der Waals surface area contributed by atoms with Crippen molar-refractivity contribution in [1.82, 2.24) is 0 Å². The third-order valence-electron chi connectivity index (χ3n) is 1.88. The van der Waals surface area contributed by atoms with Crippen LogP contribution >= 0.6 is 10.7 Å². The molecular formula is C8H8ClFO6S. The molecule has 0 spiro atoms. The van der Waals surface area contributed by atoms with Gasteiger partial charge in [0.1, 0.15) is 16.5 Å².